The van der Waals surface area contributed by atoms with E-state index < -0.39 is 0 Å². The van der Waals surface area contributed by atoms with Crippen molar-refractivity contribution >= 4 is 27.7 Å². The molecule has 4 heteroatoms. The van der Waals surface area contributed by atoms with Crippen LogP contribution in [-0.4, -0.2) is 17.5 Å². The van der Waals surface area contributed by atoms with Crippen LogP contribution in [0.5, 0.6) is 0 Å². The lowest BCUT2D eigenvalue weighted by atomic mass is 9.94. The van der Waals surface area contributed by atoms with E-state index in [9.17, 15) is 4.39 Å². The zero-order chi connectivity index (χ0) is 13.0. The summed E-state index contributed by atoms with van der Waals surface area (Å²) in [6, 6.07) is 5.49. The molecule has 18 heavy (non-hydrogen) atoms. The van der Waals surface area contributed by atoms with E-state index in [-0.39, 0.29) is 5.82 Å². The predicted molar refractivity (Wildman–Crippen MR) is 80.5 cm³/mol. The zero-order valence-electron chi connectivity index (χ0n) is 10.6. The molecule has 0 radical (unpaired) electrons. The highest BCUT2D eigenvalue weighted by Gasteiger charge is 2.23. The molecule has 2 unspecified atom stereocenters. The third-order valence-electron chi connectivity index (χ3n) is 3.58. The fraction of sp³-hybridized carbons (Fsp3) is 0.571. The van der Waals surface area contributed by atoms with E-state index in [0.29, 0.717) is 6.04 Å². The van der Waals surface area contributed by atoms with Gasteiger partial charge in [-0.05, 0) is 36.8 Å². The standard InChI is InChI=1S/C14H19BrFNS/c1-18-14-5-3-2-4-13(14)17-9-10-6-7-11(16)8-12(10)15/h6-8,13-14,17H,2-5,9H2,1H3. The number of rotatable bonds is 4. The van der Waals surface area contributed by atoms with Crippen LogP contribution in [0, 0.1) is 5.82 Å². The summed E-state index contributed by atoms with van der Waals surface area (Å²) < 4.78 is 13.9. The summed E-state index contributed by atoms with van der Waals surface area (Å²) in [6.45, 7) is 0.808. The van der Waals surface area contributed by atoms with Crippen molar-refractivity contribution in [2.24, 2.45) is 0 Å². The highest BCUT2D eigenvalue weighted by atomic mass is 79.9. The van der Waals surface area contributed by atoms with Crippen molar-refractivity contribution in [2.75, 3.05) is 6.26 Å². The SMILES string of the molecule is CSC1CCCCC1NCc1ccc(F)cc1Br. The van der Waals surface area contributed by atoms with Crippen molar-refractivity contribution in [3.05, 3.63) is 34.1 Å². The largest absolute Gasteiger partial charge is 0.309 e. The fourth-order valence-corrected chi connectivity index (χ4v) is 3.97. The molecule has 0 bridgehead atoms. The second kappa shape index (κ2) is 6.92. The average Bonchev–Trinajstić information content (AvgIpc) is 2.38. The van der Waals surface area contributed by atoms with Gasteiger partial charge in [0.2, 0.25) is 0 Å². The van der Waals surface area contributed by atoms with Gasteiger partial charge in [-0.1, -0.05) is 34.8 Å². The first-order valence-corrected chi connectivity index (χ1v) is 8.49. The number of thioether (sulfide) groups is 1. The van der Waals surface area contributed by atoms with Crippen molar-refractivity contribution in [2.45, 2.75) is 43.5 Å². The summed E-state index contributed by atoms with van der Waals surface area (Å²) in [5.41, 5.74) is 1.13. The first-order valence-electron chi connectivity index (χ1n) is 6.41. The van der Waals surface area contributed by atoms with E-state index in [0.717, 1.165) is 21.8 Å². The van der Waals surface area contributed by atoms with Gasteiger partial charge >= 0.3 is 0 Å². The Bertz CT molecular complexity index is 399. The van der Waals surface area contributed by atoms with E-state index in [1.165, 1.54) is 37.8 Å². The Balaban J connectivity index is 1.93. The van der Waals surface area contributed by atoms with Gasteiger partial charge in [-0.15, -0.1) is 0 Å². The molecule has 0 aliphatic heterocycles. The fourth-order valence-electron chi connectivity index (χ4n) is 2.52. The minimum atomic E-state index is -0.190. The lowest BCUT2D eigenvalue weighted by molar-refractivity contribution is 0.383. The summed E-state index contributed by atoms with van der Waals surface area (Å²) in [6.07, 6.45) is 7.43. The van der Waals surface area contributed by atoms with E-state index in [2.05, 4.69) is 27.5 Å². The molecule has 1 aliphatic rings. The normalized spacial score (nSPS) is 24.2. The molecule has 1 fully saturated rings. The van der Waals surface area contributed by atoms with Crippen molar-refractivity contribution in [3.63, 3.8) is 0 Å². The maximum absolute atomic E-state index is 13.0. The molecule has 1 aromatic carbocycles. The quantitative estimate of drug-likeness (QED) is 0.880. The Morgan fingerprint density at radius 3 is 2.89 bits per heavy atom. The number of hydrogen-bond acceptors (Lipinski definition) is 2. The maximum Gasteiger partial charge on any atom is 0.124 e. The number of nitrogens with one attached hydrogen (secondary N) is 1. The number of halogens is 2. The van der Waals surface area contributed by atoms with Gasteiger partial charge in [-0.25, -0.2) is 4.39 Å². The molecule has 1 saturated carbocycles. The second-order valence-electron chi connectivity index (χ2n) is 4.78. The maximum atomic E-state index is 13.0. The van der Waals surface area contributed by atoms with Gasteiger partial charge in [0, 0.05) is 22.3 Å². The van der Waals surface area contributed by atoms with Gasteiger partial charge < -0.3 is 5.32 Å². The van der Waals surface area contributed by atoms with Crippen molar-refractivity contribution in [1.29, 1.82) is 0 Å². The molecule has 1 aromatic rings. The van der Waals surface area contributed by atoms with Crippen LogP contribution in [0.3, 0.4) is 0 Å². The third-order valence-corrected chi connectivity index (χ3v) is 5.48. The Labute approximate surface area is 121 Å². The van der Waals surface area contributed by atoms with E-state index in [1.54, 1.807) is 0 Å². The molecular weight excluding hydrogens is 313 g/mol. The Morgan fingerprint density at radius 2 is 2.17 bits per heavy atom. The van der Waals surface area contributed by atoms with Crippen LogP contribution in [0.15, 0.2) is 22.7 Å². The Morgan fingerprint density at radius 1 is 1.39 bits per heavy atom. The lowest BCUT2D eigenvalue weighted by Gasteiger charge is -2.31. The molecular formula is C14H19BrFNS. The van der Waals surface area contributed by atoms with Crippen LogP contribution in [0.25, 0.3) is 0 Å². The molecule has 2 rings (SSSR count). The topological polar surface area (TPSA) is 12.0 Å². The van der Waals surface area contributed by atoms with E-state index in [4.69, 9.17) is 0 Å². The van der Waals surface area contributed by atoms with Gasteiger partial charge in [-0.2, -0.15) is 11.8 Å². The van der Waals surface area contributed by atoms with Gasteiger partial charge in [-0.3, -0.25) is 0 Å². The van der Waals surface area contributed by atoms with Crippen LogP contribution in [0.1, 0.15) is 31.2 Å². The molecule has 1 nitrogen and oxygen atoms in total. The molecule has 2 atom stereocenters. The molecule has 0 spiro atoms. The van der Waals surface area contributed by atoms with Crippen LogP contribution in [0.4, 0.5) is 4.39 Å². The van der Waals surface area contributed by atoms with Gasteiger partial charge in [0.1, 0.15) is 5.82 Å². The highest BCUT2D eigenvalue weighted by molar-refractivity contribution is 9.10. The highest BCUT2D eigenvalue weighted by Crippen LogP contribution is 2.27. The second-order valence-corrected chi connectivity index (χ2v) is 6.71. The number of benzene rings is 1. The zero-order valence-corrected chi connectivity index (χ0v) is 13.0. The summed E-state index contributed by atoms with van der Waals surface area (Å²) in [7, 11) is 0. The average molecular weight is 332 g/mol. The monoisotopic (exact) mass is 331 g/mol. The van der Waals surface area contributed by atoms with E-state index >= 15 is 0 Å². The first kappa shape index (κ1) is 14.4. The molecule has 0 amide bonds. The summed E-state index contributed by atoms with van der Waals surface area (Å²) in [5.74, 6) is -0.190. The van der Waals surface area contributed by atoms with Gasteiger partial charge in [0.05, 0.1) is 0 Å². The first-order chi connectivity index (χ1) is 8.70. The van der Waals surface area contributed by atoms with E-state index in [1.807, 2.05) is 17.8 Å². The molecule has 100 valence electrons. The minimum absolute atomic E-state index is 0.190. The van der Waals surface area contributed by atoms with Crippen molar-refractivity contribution in [1.82, 2.24) is 5.32 Å². The Hall–Kier alpha value is -0.0600. The molecule has 0 saturated heterocycles. The molecule has 1 N–H and O–H groups in total. The van der Waals surface area contributed by atoms with Crippen molar-refractivity contribution < 1.29 is 4.39 Å². The molecule has 1 aliphatic carbocycles. The van der Waals surface area contributed by atoms with Crippen LogP contribution >= 0.6 is 27.7 Å². The number of hydrogen-bond donors (Lipinski definition) is 1. The third kappa shape index (κ3) is 3.72. The summed E-state index contributed by atoms with van der Waals surface area (Å²) in [4.78, 5) is 0. The van der Waals surface area contributed by atoms with Crippen LogP contribution in [-0.2, 0) is 6.54 Å². The summed E-state index contributed by atoms with van der Waals surface area (Å²) >= 11 is 5.38. The van der Waals surface area contributed by atoms with Gasteiger partial charge in [0.25, 0.3) is 0 Å². The van der Waals surface area contributed by atoms with Crippen LogP contribution < -0.4 is 5.32 Å². The molecule has 0 aromatic heterocycles. The predicted octanol–water partition coefficient (Wildman–Crippen LogP) is 4.35. The summed E-state index contributed by atoms with van der Waals surface area (Å²) in [5, 5.41) is 4.35. The van der Waals surface area contributed by atoms with Crippen molar-refractivity contribution in [3.8, 4) is 0 Å². The smallest absolute Gasteiger partial charge is 0.124 e. The minimum Gasteiger partial charge on any atom is -0.309 e. The Kier molecular flexibility index (Phi) is 5.52. The van der Waals surface area contributed by atoms with Gasteiger partial charge in [0.15, 0.2) is 0 Å². The molecule has 0 heterocycles. The van der Waals surface area contributed by atoms with Crippen LogP contribution in [0.2, 0.25) is 0 Å². The lowest BCUT2D eigenvalue weighted by Crippen LogP contribution is -2.40.